The summed E-state index contributed by atoms with van der Waals surface area (Å²) >= 11 is 2.32. The van der Waals surface area contributed by atoms with Gasteiger partial charge in [-0.1, -0.05) is 0 Å². The van der Waals surface area contributed by atoms with Gasteiger partial charge in [-0.15, -0.1) is 0 Å². The molecule has 1 aliphatic rings. The monoisotopic (exact) mass is 156 g/mol. The van der Waals surface area contributed by atoms with Crippen LogP contribution in [0.5, 0.6) is 0 Å². The van der Waals surface area contributed by atoms with Crippen LogP contribution in [0.4, 0.5) is 0 Å². The molecule has 0 nitrogen and oxygen atoms in total. The Morgan fingerprint density at radius 2 is 1.75 bits per heavy atom. The Kier molecular flexibility index (Phi) is 3.27. The predicted octanol–water partition coefficient (Wildman–Crippen LogP) is 3.41. The molecule has 12 heavy (non-hydrogen) atoms. The third-order valence-electron chi connectivity index (χ3n) is 3.32. The molecule has 0 bridgehead atoms. The molecule has 1 unspecified atom stereocenters. The fourth-order valence-corrected chi connectivity index (χ4v) is 2.08. The summed E-state index contributed by atoms with van der Waals surface area (Å²) in [5.41, 5.74) is 6.37. The van der Waals surface area contributed by atoms with Gasteiger partial charge in [-0.05, 0) is 0 Å². The molecular weight excluding hydrogens is 139 g/mol. The van der Waals surface area contributed by atoms with Gasteiger partial charge in [-0.2, -0.15) is 0 Å². The van der Waals surface area contributed by atoms with E-state index < -0.39 is 0 Å². The minimum atomic E-state index is 0.701. The Morgan fingerprint density at radius 3 is 2.08 bits per heavy atom. The van der Waals surface area contributed by atoms with Crippen molar-refractivity contribution in [1.82, 2.24) is 0 Å². The van der Waals surface area contributed by atoms with E-state index in [1.807, 2.05) is 0 Å². The van der Waals surface area contributed by atoms with Crippen molar-refractivity contribution in [2.24, 2.45) is 0 Å². The molecule has 1 rings (SSSR count). The van der Waals surface area contributed by atoms with Crippen molar-refractivity contribution in [3.05, 3.63) is 22.3 Å². The van der Waals surface area contributed by atoms with Crippen molar-refractivity contribution in [2.75, 3.05) is 0 Å². The number of allylic oxidation sites excluding steroid dienone is 4. The third-order valence-corrected chi connectivity index (χ3v) is 3.32. The zero-order chi connectivity index (χ0) is 9.30. The van der Waals surface area contributed by atoms with Gasteiger partial charge in [0.25, 0.3) is 0 Å². The maximum absolute atomic E-state index is 2.32. The number of hydrogen-bond acceptors (Lipinski definition) is 0. The molecule has 0 saturated heterocycles. The molecule has 0 aromatic heterocycles. The summed E-state index contributed by atoms with van der Waals surface area (Å²) in [5.74, 6) is 0. The topological polar surface area (TPSA) is 0 Å². The molecule has 1 atom stereocenters. The van der Waals surface area contributed by atoms with Gasteiger partial charge in [0.15, 0.2) is 0 Å². The SMILES string of the molecule is [Li][CH]1C(C)=C(C)C(CCC)=C1C. The van der Waals surface area contributed by atoms with Crippen LogP contribution in [-0.4, -0.2) is 17.7 Å². The normalized spacial score (nSPS) is 24.3. The summed E-state index contributed by atoms with van der Waals surface area (Å²) in [6, 6.07) is 0. The van der Waals surface area contributed by atoms with Crippen molar-refractivity contribution in [3.63, 3.8) is 0 Å². The fourth-order valence-electron chi connectivity index (χ4n) is 2.08. The quantitative estimate of drug-likeness (QED) is 0.537. The number of hydrogen-bond donors (Lipinski definition) is 0. The van der Waals surface area contributed by atoms with Crippen LogP contribution in [0, 0.1) is 0 Å². The Morgan fingerprint density at radius 1 is 1.17 bits per heavy atom. The average molecular weight is 156 g/mol. The van der Waals surface area contributed by atoms with Crippen molar-refractivity contribution >= 4 is 17.7 Å². The summed E-state index contributed by atoms with van der Waals surface area (Å²) in [5, 5.41) is 0. The van der Waals surface area contributed by atoms with Crippen LogP contribution in [0.1, 0.15) is 40.5 Å². The summed E-state index contributed by atoms with van der Waals surface area (Å²) < 4.78 is 0.701. The van der Waals surface area contributed by atoms with Gasteiger partial charge in [-0.25, -0.2) is 0 Å². The van der Waals surface area contributed by atoms with E-state index in [1.54, 1.807) is 22.3 Å². The van der Waals surface area contributed by atoms with Crippen LogP contribution in [0.15, 0.2) is 22.3 Å². The van der Waals surface area contributed by atoms with E-state index in [2.05, 4.69) is 45.4 Å². The van der Waals surface area contributed by atoms with Gasteiger partial charge < -0.3 is 0 Å². The first-order chi connectivity index (χ1) is 5.59. The van der Waals surface area contributed by atoms with E-state index in [4.69, 9.17) is 0 Å². The molecule has 1 aliphatic carbocycles. The summed E-state index contributed by atoms with van der Waals surface area (Å²) in [6.07, 6.45) is 2.53. The standard InChI is InChI=1S/C11H17.Li/c1-5-6-11-9(3)7-8(2)10(11)4;/h7H,5-6H2,1-4H3;. The molecule has 0 amide bonds. The van der Waals surface area contributed by atoms with Crippen LogP contribution in [0.25, 0.3) is 0 Å². The molecule has 0 aromatic rings. The Hall–Kier alpha value is 0.0774. The van der Waals surface area contributed by atoms with Crippen LogP contribution in [-0.2, 0) is 0 Å². The van der Waals surface area contributed by atoms with Crippen LogP contribution in [0.3, 0.4) is 0 Å². The molecule has 1 heteroatoms. The maximum atomic E-state index is 2.32. The first-order valence-electron chi connectivity index (χ1n) is 4.97. The van der Waals surface area contributed by atoms with Gasteiger partial charge in [0.1, 0.15) is 0 Å². The van der Waals surface area contributed by atoms with Crippen molar-refractivity contribution in [3.8, 4) is 0 Å². The van der Waals surface area contributed by atoms with Crippen LogP contribution >= 0.6 is 0 Å². The van der Waals surface area contributed by atoms with E-state index in [-0.39, 0.29) is 0 Å². The molecule has 0 fully saturated rings. The molecule has 0 heterocycles. The average Bonchev–Trinajstić information content (AvgIpc) is 2.23. The van der Waals surface area contributed by atoms with Gasteiger partial charge >= 0.3 is 85.1 Å². The molecular formula is C11H17Li. The van der Waals surface area contributed by atoms with Gasteiger partial charge in [-0.3, -0.25) is 0 Å². The van der Waals surface area contributed by atoms with E-state index >= 15 is 0 Å². The van der Waals surface area contributed by atoms with Gasteiger partial charge in [0.05, 0.1) is 0 Å². The van der Waals surface area contributed by atoms with Crippen molar-refractivity contribution < 1.29 is 0 Å². The van der Waals surface area contributed by atoms with E-state index in [1.165, 1.54) is 12.8 Å². The molecule has 0 aromatic carbocycles. The molecule has 0 spiro atoms. The second-order valence-electron chi connectivity index (χ2n) is 3.94. The Balaban J connectivity index is 2.96. The summed E-state index contributed by atoms with van der Waals surface area (Å²) in [4.78, 5) is 0. The van der Waals surface area contributed by atoms with Gasteiger partial charge in [0.2, 0.25) is 0 Å². The van der Waals surface area contributed by atoms with E-state index in [0.717, 1.165) is 0 Å². The first kappa shape index (κ1) is 10.2. The van der Waals surface area contributed by atoms with E-state index in [0.29, 0.717) is 4.59 Å². The Labute approximate surface area is 85.3 Å². The molecule has 62 valence electrons. The van der Waals surface area contributed by atoms with Crippen LogP contribution in [0.2, 0.25) is 4.59 Å². The minimum absolute atomic E-state index is 0.701. The zero-order valence-corrected chi connectivity index (χ0v) is 8.99. The summed E-state index contributed by atoms with van der Waals surface area (Å²) in [7, 11) is 0. The third kappa shape index (κ3) is 1.56. The zero-order valence-electron chi connectivity index (χ0n) is 8.99. The van der Waals surface area contributed by atoms with Crippen molar-refractivity contribution in [2.45, 2.75) is 45.1 Å². The second-order valence-corrected chi connectivity index (χ2v) is 3.94. The molecule has 0 radical (unpaired) electrons. The predicted molar refractivity (Wildman–Crippen MR) is 55.5 cm³/mol. The number of rotatable bonds is 2. The second kappa shape index (κ2) is 3.86. The van der Waals surface area contributed by atoms with Gasteiger partial charge in [0, 0.05) is 0 Å². The molecule has 0 saturated carbocycles. The fraction of sp³-hybridized carbons (Fsp3) is 0.636. The molecule has 0 N–H and O–H groups in total. The van der Waals surface area contributed by atoms with Crippen LogP contribution < -0.4 is 0 Å². The van der Waals surface area contributed by atoms with Crippen molar-refractivity contribution in [1.29, 1.82) is 0 Å². The Bertz CT molecular complexity index is 246. The summed E-state index contributed by atoms with van der Waals surface area (Å²) in [6.45, 7) is 9.08. The first-order valence-corrected chi connectivity index (χ1v) is 4.97. The van der Waals surface area contributed by atoms with E-state index in [9.17, 15) is 0 Å². The molecule has 0 aliphatic heterocycles.